The fourth-order valence-electron chi connectivity index (χ4n) is 4.99. The molecule has 2 aromatic carbocycles. The Labute approximate surface area is 227 Å². The molecule has 5 rings (SSSR count). The first-order valence-corrected chi connectivity index (χ1v) is 13.7. The number of allylic oxidation sites excluding steroid dienone is 5. The van der Waals surface area contributed by atoms with E-state index < -0.39 is 0 Å². The molecular formula is C33H38ClN3. The topological polar surface area (TPSA) is 28.2 Å². The van der Waals surface area contributed by atoms with Gasteiger partial charge in [-0.15, -0.1) is 6.58 Å². The Hall–Kier alpha value is -3.14. The van der Waals surface area contributed by atoms with Crippen LogP contribution in [0.4, 0.5) is 5.69 Å². The van der Waals surface area contributed by atoms with Gasteiger partial charge in [0.15, 0.2) is 0 Å². The van der Waals surface area contributed by atoms with E-state index in [4.69, 9.17) is 11.6 Å². The predicted molar refractivity (Wildman–Crippen MR) is 162 cm³/mol. The molecule has 0 atom stereocenters. The lowest BCUT2D eigenvalue weighted by Gasteiger charge is -2.30. The molecule has 1 saturated heterocycles. The Morgan fingerprint density at radius 2 is 1.81 bits per heavy atom. The van der Waals surface area contributed by atoms with Crippen LogP contribution in [0.15, 0.2) is 90.2 Å². The summed E-state index contributed by atoms with van der Waals surface area (Å²) in [5.74, 6) is 0. The van der Waals surface area contributed by atoms with Crippen molar-refractivity contribution in [2.45, 2.75) is 40.0 Å². The van der Waals surface area contributed by atoms with E-state index in [-0.39, 0.29) is 0 Å². The second kappa shape index (κ2) is 12.9. The van der Waals surface area contributed by atoms with Gasteiger partial charge < -0.3 is 10.2 Å². The van der Waals surface area contributed by atoms with Gasteiger partial charge in [0, 0.05) is 48.5 Å². The highest BCUT2D eigenvalue weighted by molar-refractivity contribution is 6.31. The van der Waals surface area contributed by atoms with Crippen molar-refractivity contribution in [2.75, 3.05) is 31.5 Å². The van der Waals surface area contributed by atoms with E-state index in [0.29, 0.717) is 0 Å². The molecule has 0 radical (unpaired) electrons. The number of rotatable bonds is 5. The molecule has 3 aromatic rings. The third-order valence-corrected chi connectivity index (χ3v) is 7.49. The first kappa shape index (κ1) is 26.9. The van der Waals surface area contributed by atoms with Crippen LogP contribution >= 0.6 is 11.6 Å². The van der Waals surface area contributed by atoms with Gasteiger partial charge in [-0.25, -0.2) is 0 Å². The number of benzene rings is 2. The van der Waals surface area contributed by atoms with E-state index in [0.717, 1.165) is 67.1 Å². The summed E-state index contributed by atoms with van der Waals surface area (Å²) in [6, 6.07) is 16.8. The molecule has 0 bridgehead atoms. The predicted octanol–water partition coefficient (Wildman–Crippen LogP) is 8.80. The summed E-state index contributed by atoms with van der Waals surface area (Å²) in [6.45, 7) is 14.2. The van der Waals surface area contributed by atoms with Crippen LogP contribution in [0, 0.1) is 0 Å². The molecule has 3 nitrogen and oxygen atoms in total. The smallest absolute Gasteiger partial charge is 0.0737 e. The fourth-order valence-corrected chi connectivity index (χ4v) is 5.15. The van der Waals surface area contributed by atoms with Gasteiger partial charge in [0.25, 0.3) is 0 Å². The van der Waals surface area contributed by atoms with Gasteiger partial charge in [0.05, 0.1) is 5.52 Å². The molecule has 4 heteroatoms. The zero-order valence-corrected chi connectivity index (χ0v) is 23.1. The number of aromatic nitrogens is 1. The molecule has 192 valence electrons. The maximum atomic E-state index is 6.12. The Bertz CT molecular complexity index is 1340. The monoisotopic (exact) mass is 511 g/mol. The van der Waals surface area contributed by atoms with Crippen LogP contribution < -0.4 is 5.32 Å². The van der Waals surface area contributed by atoms with Gasteiger partial charge in [-0.2, -0.15) is 0 Å². The van der Waals surface area contributed by atoms with E-state index in [9.17, 15) is 0 Å². The minimum atomic E-state index is 0.720. The van der Waals surface area contributed by atoms with Crippen molar-refractivity contribution in [3.05, 3.63) is 106 Å². The van der Waals surface area contributed by atoms with Gasteiger partial charge in [-0.05, 0) is 85.2 Å². The van der Waals surface area contributed by atoms with E-state index in [2.05, 4.69) is 79.0 Å². The summed E-state index contributed by atoms with van der Waals surface area (Å²) < 4.78 is 0. The summed E-state index contributed by atoms with van der Waals surface area (Å²) in [5, 5.41) is 5.45. The number of hydrogen-bond donors (Lipinski definition) is 1. The van der Waals surface area contributed by atoms with Crippen LogP contribution in [0.5, 0.6) is 0 Å². The molecular weight excluding hydrogens is 474 g/mol. The van der Waals surface area contributed by atoms with Crippen LogP contribution in [-0.4, -0.2) is 36.1 Å². The zero-order valence-electron chi connectivity index (χ0n) is 22.4. The van der Waals surface area contributed by atoms with Crippen molar-refractivity contribution in [3.8, 4) is 0 Å². The number of nitrogens with zero attached hydrogens (tertiary/aromatic N) is 2. The van der Waals surface area contributed by atoms with Gasteiger partial charge in [0.2, 0.25) is 0 Å². The van der Waals surface area contributed by atoms with Gasteiger partial charge >= 0.3 is 0 Å². The molecule has 0 saturated carbocycles. The summed E-state index contributed by atoms with van der Waals surface area (Å²) in [4.78, 5) is 7.01. The van der Waals surface area contributed by atoms with Gasteiger partial charge in [0.1, 0.15) is 0 Å². The van der Waals surface area contributed by atoms with Crippen LogP contribution in [-0.2, 0) is 0 Å². The molecule has 1 aliphatic heterocycles. The second-order valence-electron chi connectivity index (χ2n) is 9.69. The van der Waals surface area contributed by atoms with Crippen molar-refractivity contribution in [1.82, 2.24) is 9.88 Å². The SMILES string of the molecule is C=CCC.CC1=C(C)C(=C2CCN(CCNc3ccnc4cc(Cl)ccc34)CC2)c2ccccc2C=C1. The number of hydrogen-bond acceptors (Lipinski definition) is 3. The van der Waals surface area contributed by atoms with Crippen molar-refractivity contribution < 1.29 is 0 Å². The lowest BCUT2D eigenvalue weighted by Crippen LogP contribution is -2.34. The van der Waals surface area contributed by atoms with Crippen molar-refractivity contribution in [2.24, 2.45) is 0 Å². The molecule has 37 heavy (non-hydrogen) atoms. The molecule has 1 N–H and O–H groups in total. The first-order chi connectivity index (χ1) is 18.0. The van der Waals surface area contributed by atoms with Crippen LogP contribution in [0.25, 0.3) is 22.6 Å². The average Bonchev–Trinajstić information content (AvgIpc) is 3.05. The van der Waals surface area contributed by atoms with Crippen LogP contribution in [0.1, 0.15) is 51.2 Å². The second-order valence-corrected chi connectivity index (χ2v) is 10.1. The third kappa shape index (κ3) is 6.60. The Kier molecular flexibility index (Phi) is 9.38. The Morgan fingerprint density at radius 3 is 2.57 bits per heavy atom. The Morgan fingerprint density at radius 1 is 1.05 bits per heavy atom. The minimum Gasteiger partial charge on any atom is -0.383 e. The van der Waals surface area contributed by atoms with Crippen LogP contribution in [0.3, 0.4) is 0 Å². The number of halogens is 1. The molecule has 0 spiro atoms. The third-order valence-electron chi connectivity index (χ3n) is 7.26. The van der Waals surface area contributed by atoms with Crippen LogP contribution in [0.2, 0.25) is 5.02 Å². The summed E-state index contributed by atoms with van der Waals surface area (Å²) in [6.07, 6.45) is 11.6. The minimum absolute atomic E-state index is 0.720. The summed E-state index contributed by atoms with van der Waals surface area (Å²) in [7, 11) is 0. The maximum Gasteiger partial charge on any atom is 0.0737 e. The molecule has 2 aliphatic rings. The van der Waals surface area contributed by atoms with E-state index >= 15 is 0 Å². The summed E-state index contributed by atoms with van der Waals surface area (Å²) >= 11 is 6.12. The highest BCUT2D eigenvalue weighted by Gasteiger charge is 2.21. The van der Waals surface area contributed by atoms with E-state index in [1.165, 1.54) is 27.8 Å². The normalized spacial score (nSPS) is 15.7. The molecule has 0 unspecified atom stereocenters. The number of piperidine rings is 1. The molecule has 0 amide bonds. The van der Waals surface area contributed by atoms with Gasteiger partial charge in [-0.3, -0.25) is 4.98 Å². The number of anilines is 1. The maximum absolute atomic E-state index is 6.12. The molecule has 2 heterocycles. The van der Waals surface area contributed by atoms with E-state index in [1.54, 1.807) is 5.57 Å². The lowest BCUT2D eigenvalue weighted by atomic mass is 9.86. The zero-order chi connectivity index (χ0) is 26.2. The van der Waals surface area contributed by atoms with E-state index in [1.807, 2.05) is 36.5 Å². The highest BCUT2D eigenvalue weighted by atomic mass is 35.5. The quantitative estimate of drug-likeness (QED) is 0.347. The number of fused-ring (bicyclic) bond motifs is 2. The largest absolute Gasteiger partial charge is 0.383 e. The Balaban J connectivity index is 0.000000747. The van der Waals surface area contributed by atoms with Crippen molar-refractivity contribution >= 4 is 39.8 Å². The lowest BCUT2D eigenvalue weighted by molar-refractivity contribution is 0.266. The standard InChI is InChI=1S/C29H30ClN3.C4H8/c1-20-7-8-22-5-3-4-6-25(22)29(21(20)2)23-12-16-33(17-13-23)18-15-32-27-11-14-31-28-19-24(30)9-10-26(27)28;1-3-4-2/h3-11,14,19H,12-13,15-18H2,1-2H3,(H,31,32);3H,1,4H2,2H3. The molecule has 1 aliphatic carbocycles. The average molecular weight is 512 g/mol. The number of likely N-dealkylation sites (tertiary alicyclic amines) is 1. The van der Waals surface area contributed by atoms with Crippen molar-refractivity contribution in [1.29, 1.82) is 0 Å². The summed E-state index contributed by atoms with van der Waals surface area (Å²) in [5.41, 5.74) is 10.6. The van der Waals surface area contributed by atoms with Crippen molar-refractivity contribution in [3.63, 3.8) is 0 Å². The molecule has 1 fully saturated rings. The van der Waals surface area contributed by atoms with Gasteiger partial charge in [-0.1, -0.05) is 66.6 Å². The fraction of sp³-hybridized carbons (Fsp3) is 0.303. The first-order valence-electron chi connectivity index (χ1n) is 13.3. The number of pyridine rings is 1. The highest BCUT2D eigenvalue weighted by Crippen LogP contribution is 2.37. The molecule has 1 aromatic heterocycles. The number of nitrogens with one attached hydrogen (secondary N) is 1.